The van der Waals surface area contributed by atoms with Gasteiger partial charge in [0.2, 0.25) is 5.71 Å². The zero-order chi connectivity index (χ0) is 16.5. The highest BCUT2D eigenvalue weighted by molar-refractivity contribution is 5.98. The highest BCUT2D eigenvalue weighted by Gasteiger charge is 2.14. The molecule has 0 fully saturated rings. The van der Waals surface area contributed by atoms with Crippen molar-refractivity contribution in [2.45, 2.75) is 6.54 Å². The van der Waals surface area contributed by atoms with Crippen LogP contribution >= 0.6 is 0 Å². The molecule has 0 aliphatic heterocycles. The number of pyridine rings is 1. The van der Waals surface area contributed by atoms with Crippen molar-refractivity contribution in [3.63, 3.8) is 0 Å². The second-order valence-corrected chi connectivity index (χ2v) is 5.31. The zero-order valence-corrected chi connectivity index (χ0v) is 12.9. The van der Waals surface area contributed by atoms with E-state index in [1.54, 1.807) is 31.6 Å². The van der Waals surface area contributed by atoms with Crippen molar-refractivity contribution in [3.05, 3.63) is 60.2 Å². The number of carbonyl (C=O) groups excluding carboxylic acids is 1. The molecule has 0 atom stereocenters. The van der Waals surface area contributed by atoms with E-state index in [1.165, 1.54) is 0 Å². The Morgan fingerprint density at radius 1 is 1.21 bits per heavy atom. The second-order valence-electron chi connectivity index (χ2n) is 5.31. The van der Waals surface area contributed by atoms with Crippen LogP contribution in [-0.4, -0.2) is 18.0 Å². The minimum Gasteiger partial charge on any atom is -0.497 e. The molecule has 0 bridgehead atoms. The molecule has 0 spiro atoms. The summed E-state index contributed by atoms with van der Waals surface area (Å²) < 4.78 is 16.0. The van der Waals surface area contributed by atoms with Crippen molar-refractivity contribution >= 4 is 27.9 Å². The molecule has 0 aliphatic carbocycles. The molecule has 0 saturated carbocycles. The van der Waals surface area contributed by atoms with Crippen LogP contribution in [-0.2, 0) is 6.54 Å². The minimum atomic E-state index is -0.314. The number of hydrogen-bond acceptors (Lipinski definition) is 5. The SMILES string of the molecule is COc1ccc2nc3oc(C(=O)NCc4ccco4)cc3cc2c1. The number of aromatic nitrogens is 1. The number of fused-ring (bicyclic) bond motifs is 2. The lowest BCUT2D eigenvalue weighted by Gasteiger charge is -2.01. The molecule has 0 unspecified atom stereocenters. The quantitative estimate of drug-likeness (QED) is 0.622. The third kappa shape index (κ3) is 2.58. The molecule has 0 saturated heterocycles. The van der Waals surface area contributed by atoms with E-state index in [0.717, 1.165) is 22.0 Å². The third-order valence-electron chi connectivity index (χ3n) is 3.73. The van der Waals surface area contributed by atoms with E-state index in [2.05, 4.69) is 10.3 Å². The number of methoxy groups -OCH3 is 1. The van der Waals surface area contributed by atoms with E-state index in [4.69, 9.17) is 13.6 Å². The molecule has 120 valence electrons. The van der Waals surface area contributed by atoms with Gasteiger partial charge in [0.1, 0.15) is 11.5 Å². The third-order valence-corrected chi connectivity index (χ3v) is 3.73. The van der Waals surface area contributed by atoms with Gasteiger partial charge >= 0.3 is 0 Å². The Morgan fingerprint density at radius 2 is 2.12 bits per heavy atom. The Bertz CT molecular complexity index is 1020. The summed E-state index contributed by atoms with van der Waals surface area (Å²) in [6.45, 7) is 0.301. The van der Waals surface area contributed by atoms with Gasteiger partial charge in [-0.2, -0.15) is 0 Å². The molecule has 1 N–H and O–H groups in total. The summed E-state index contributed by atoms with van der Waals surface area (Å²) in [5.41, 5.74) is 1.20. The first-order valence-electron chi connectivity index (χ1n) is 7.42. The molecule has 1 aromatic carbocycles. The average molecular weight is 322 g/mol. The molecule has 0 radical (unpaired) electrons. The number of carbonyl (C=O) groups is 1. The number of furan rings is 2. The zero-order valence-electron chi connectivity index (χ0n) is 12.9. The molecule has 6 heteroatoms. The predicted octanol–water partition coefficient (Wildman–Crippen LogP) is 3.51. The van der Waals surface area contributed by atoms with E-state index >= 15 is 0 Å². The van der Waals surface area contributed by atoms with Crippen LogP contribution in [0.4, 0.5) is 0 Å². The maximum absolute atomic E-state index is 12.2. The maximum Gasteiger partial charge on any atom is 0.287 e. The van der Waals surface area contributed by atoms with Crippen LogP contribution in [0.3, 0.4) is 0 Å². The maximum atomic E-state index is 12.2. The fourth-order valence-corrected chi connectivity index (χ4v) is 2.52. The van der Waals surface area contributed by atoms with Crippen molar-refractivity contribution in [1.29, 1.82) is 0 Å². The van der Waals surface area contributed by atoms with Gasteiger partial charge in [0, 0.05) is 10.8 Å². The van der Waals surface area contributed by atoms with Crippen LogP contribution in [0.5, 0.6) is 5.75 Å². The van der Waals surface area contributed by atoms with Crippen LogP contribution in [0, 0.1) is 0 Å². The molecule has 0 aliphatic rings. The monoisotopic (exact) mass is 322 g/mol. The molecular weight excluding hydrogens is 308 g/mol. The van der Waals surface area contributed by atoms with Gasteiger partial charge in [-0.25, -0.2) is 4.98 Å². The second kappa shape index (κ2) is 5.73. The summed E-state index contributed by atoms with van der Waals surface area (Å²) in [6.07, 6.45) is 1.56. The number of nitrogens with one attached hydrogen (secondary N) is 1. The molecule has 3 heterocycles. The molecule has 3 aromatic heterocycles. The van der Waals surface area contributed by atoms with Gasteiger partial charge in [0.05, 0.1) is 25.4 Å². The Kier molecular flexibility index (Phi) is 3.42. The smallest absolute Gasteiger partial charge is 0.287 e. The van der Waals surface area contributed by atoms with E-state index in [1.807, 2.05) is 24.3 Å². The van der Waals surface area contributed by atoms with Gasteiger partial charge in [-0.15, -0.1) is 0 Å². The molecule has 4 rings (SSSR count). The topological polar surface area (TPSA) is 77.5 Å². The largest absolute Gasteiger partial charge is 0.497 e. The lowest BCUT2D eigenvalue weighted by Crippen LogP contribution is -2.21. The van der Waals surface area contributed by atoms with Crippen molar-refractivity contribution in [2.75, 3.05) is 7.11 Å². The van der Waals surface area contributed by atoms with Crippen LogP contribution in [0.15, 0.2) is 57.6 Å². The predicted molar refractivity (Wildman–Crippen MR) is 87.9 cm³/mol. The van der Waals surface area contributed by atoms with Gasteiger partial charge < -0.3 is 18.9 Å². The average Bonchev–Trinajstić information content (AvgIpc) is 3.26. The summed E-state index contributed by atoms with van der Waals surface area (Å²) in [5, 5.41) is 4.43. The van der Waals surface area contributed by atoms with Crippen LogP contribution in [0.25, 0.3) is 22.0 Å². The summed E-state index contributed by atoms with van der Waals surface area (Å²) in [7, 11) is 1.62. The van der Waals surface area contributed by atoms with Gasteiger partial charge in [-0.05, 0) is 42.5 Å². The molecule has 6 nitrogen and oxygen atoms in total. The first-order valence-corrected chi connectivity index (χ1v) is 7.42. The normalized spacial score (nSPS) is 11.0. The summed E-state index contributed by atoms with van der Waals surface area (Å²) in [5.74, 6) is 1.33. The van der Waals surface area contributed by atoms with Crippen LogP contribution < -0.4 is 10.1 Å². The van der Waals surface area contributed by atoms with E-state index in [9.17, 15) is 4.79 Å². The Labute approximate surface area is 137 Å². The molecule has 24 heavy (non-hydrogen) atoms. The standard InChI is InChI=1S/C18H14N2O4/c1-22-13-4-5-15-11(8-13)7-12-9-16(24-18(12)20-15)17(21)19-10-14-3-2-6-23-14/h2-9H,10H2,1H3,(H,19,21). The fraction of sp³-hybridized carbons (Fsp3) is 0.111. The molecule has 1 amide bonds. The number of benzene rings is 1. The van der Waals surface area contributed by atoms with Gasteiger partial charge in [0.15, 0.2) is 5.76 Å². The summed E-state index contributed by atoms with van der Waals surface area (Å²) >= 11 is 0. The lowest BCUT2D eigenvalue weighted by molar-refractivity contribution is 0.0922. The summed E-state index contributed by atoms with van der Waals surface area (Å²) in [4.78, 5) is 16.7. The Hall–Kier alpha value is -3.28. The van der Waals surface area contributed by atoms with E-state index < -0.39 is 0 Å². The van der Waals surface area contributed by atoms with Crippen LogP contribution in [0.1, 0.15) is 16.3 Å². The fourth-order valence-electron chi connectivity index (χ4n) is 2.52. The molecule has 4 aromatic rings. The van der Waals surface area contributed by atoms with Crippen molar-refractivity contribution < 1.29 is 18.4 Å². The van der Waals surface area contributed by atoms with Crippen LogP contribution in [0.2, 0.25) is 0 Å². The number of nitrogens with zero attached hydrogens (tertiary/aromatic N) is 1. The first kappa shape index (κ1) is 14.3. The van der Waals surface area contributed by atoms with Crippen molar-refractivity contribution in [3.8, 4) is 5.75 Å². The molecular formula is C18H14N2O4. The van der Waals surface area contributed by atoms with E-state index in [-0.39, 0.29) is 11.7 Å². The van der Waals surface area contributed by atoms with E-state index in [0.29, 0.717) is 18.0 Å². The van der Waals surface area contributed by atoms with Crippen molar-refractivity contribution in [2.24, 2.45) is 0 Å². The summed E-state index contributed by atoms with van der Waals surface area (Å²) in [6, 6.07) is 12.7. The Balaban J connectivity index is 1.64. The minimum absolute atomic E-state index is 0.214. The number of ether oxygens (including phenoxy) is 1. The Morgan fingerprint density at radius 3 is 2.92 bits per heavy atom. The van der Waals surface area contributed by atoms with Crippen molar-refractivity contribution in [1.82, 2.24) is 10.3 Å². The number of rotatable bonds is 4. The van der Waals surface area contributed by atoms with Gasteiger partial charge in [0.25, 0.3) is 5.91 Å². The number of amides is 1. The van der Waals surface area contributed by atoms with Gasteiger partial charge in [-0.1, -0.05) is 0 Å². The number of hydrogen-bond donors (Lipinski definition) is 1. The first-order chi connectivity index (χ1) is 11.7. The highest BCUT2D eigenvalue weighted by Crippen LogP contribution is 2.25. The van der Waals surface area contributed by atoms with Gasteiger partial charge in [-0.3, -0.25) is 4.79 Å². The lowest BCUT2D eigenvalue weighted by atomic mass is 10.2. The highest BCUT2D eigenvalue weighted by atomic mass is 16.5.